The smallest absolute Gasteiger partial charge is 0.294 e. The summed E-state index contributed by atoms with van der Waals surface area (Å²) in [5.41, 5.74) is 0. The summed E-state index contributed by atoms with van der Waals surface area (Å²) in [5.74, 6) is -0.115. The van der Waals surface area contributed by atoms with Gasteiger partial charge in [-0.25, -0.2) is 0 Å². The molecule has 0 aromatic rings. The Labute approximate surface area is 127 Å². The maximum absolute atomic E-state index is 12.0. The molecule has 0 N–H and O–H groups in total. The summed E-state index contributed by atoms with van der Waals surface area (Å²) in [6.07, 6.45) is 0.360. The molecule has 0 rings (SSSR count). The van der Waals surface area contributed by atoms with Gasteiger partial charge in [0.15, 0.2) is 8.32 Å². The van der Waals surface area contributed by atoms with Crippen molar-refractivity contribution in [1.82, 2.24) is 0 Å². The van der Waals surface area contributed by atoms with Crippen LogP contribution in [0.1, 0.15) is 48.0 Å². The quantitative estimate of drug-likeness (QED) is 0.673. The molecule has 3 nitrogen and oxygen atoms in total. The fourth-order valence-electron chi connectivity index (χ4n) is 1.09. The third-order valence-corrected chi connectivity index (χ3v) is 13.6. The van der Waals surface area contributed by atoms with E-state index in [2.05, 4.69) is 67.7 Å². The molecule has 0 spiro atoms. The predicted molar refractivity (Wildman–Crippen MR) is 91.1 cm³/mol. The summed E-state index contributed by atoms with van der Waals surface area (Å²) in [6.45, 7) is 22.1. The molecule has 0 bridgehead atoms. The highest BCUT2D eigenvalue weighted by molar-refractivity contribution is 6.75. The Kier molecular flexibility index (Phi) is 6.28. The number of carbonyl (C=O) groups excluding carboxylic acids is 1. The van der Waals surface area contributed by atoms with Crippen LogP contribution in [-0.2, 0) is 13.6 Å². The van der Waals surface area contributed by atoms with E-state index < -0.39 is 16.6 Å². The monoisotopic (exact) mass is 318 g/mol. The second-order valence-electron chi connectivity index (χ2n) is 8.59. The molecule has 0 atom stereocenters. The zero-order chi connectivity index (χ0) is 16.4. The third kappa shape index (κ3) is 5.70. The van der Waals surface area contributed by atoms with E-state index in [0.29, 0.717) is 13.0 Å². The van der Waals surface area contributed by atoms with Crippen LogP contribution >= 0.6 is 0 Å². The molecule has 0 unspecified atom stereocenters. The Morgan fingerprint density at radius 3 is 1.60 bits per heavy atom. The van der Waals surface area contributed by atoms with Gasteiger partial charge in [0.25, 0.3) is 14.3 Å². The SMILES string of the molecule is CC(C)(C)[Si](C)(C)OCCC(=O)O[Si](C)(C)C(C)(C)C. The lowest BCUT2D eigenvalue weighted by Gasteiger charge is -2.37. The second kappa shape index (κ2) is 6.32. The van der Waals surface area contributed by atoms with E-state index >= 15 is 0 Å². The first kappa shape index (κ1) is 19.9. The molecule has 0 amide bonds. The third-order valence-electron chi connectivity index (χ3n) is 4.75. The van der Waals surface area contributed by atoms with Gasteiger partial charge in [-0.2, -0.15) is 0 Å². The van der Waals surface area contributed by atoms with Gasteiger partial charge >= 0.3 is 0 Å². The van der Waals surface area contributed by atoms with E-state index in [-0.39, 0.29) is 16.0 Å². The van der Waals surface area contributed by atoms with Crippen molar-refractivity contribution in [3.63, 3.8) is 0 Å². The minimum atomic E-state index is -1.99. The topological polar surface area (TPSA) is 35.5 Å². The molecule has 0 aliphatic heterocycles. The largest absolute Gasteiger partial charge is 0.519 e. The lowest BCUT2D eigenvalue weighted by Crippen LogP contribution is -2.43. The highest BCUT2D eigenvalue weighted by atomic mass is 28.4. The first-order valence-corrected chi connectivity index (χ1v) is 13.3. The van der Waals surface area contributed by atoms with Crippen molar-refractivity contribution in [3.05, 3.63) is 0 Å². The normalized spacial score (nSPS) is 14.3. The Balaban J connectivity index is 4.34. The first-order valence-electron chi connectivity index (χ1n) is 7.46. The van der Waals surface area contributed by atoms with Crippen molar-refractivity contribution in [2.24, 2.45) is 0 Å². The van der Waals surface area contributed by atoms with Crippen molar-refractivity contribution in [2.75, 3.05) is 6.61 Å². The maximum Gasteiger partial charge on any atom is 0.294 e. The molecule has 0 aliphatic carbocycles. The van der Waals surface area contributed by atoms with Gasteiger partial charge in [-0.05, 0) is 36.3 Å². The molecule has 0 aromatic heterocycles. The van der Waals surface area contributed by atoms with Gasteiger partial charge in [-0.1, -0.05) is 41.5 Å². The van der Waals surface area contributed by atoms with Gasteiger partial charge in [-0.15, -0.1) is 0 Å². The van der Waals surface area contributed by atoms with E-state index in [1.807, 2.05) is 0 Å². The highest BCUT2D eigenvalue weighted by Crippen LogP contribution is 2.38. The zero-order valence-corrected chi connectivity index (χ0v) is 17.1. The standard InChI is InChI=1S/C15H34O3Si2/c1-14(2,3)19(7,8)17-12-11-13(16)18-20(9,10)15(4,5)6/h11-12H2,1-10H3. The molecule has 0 aliphatic rings. The average molecular weight is 319 g/mol. The van der Waals surface area contributed by atoms with Gasteiger partial charge in [0.2, 0.25) is 0 Å². The van der Waals surface area contributed by atoms with E-state index in [4.69, 9.17) is 8.85 Å². The van der Waals surface area contributed by atoms with Crippen LogP contribution in [0.2, 0.25) is 36.3 Å². The Morgan fingerprint density at radius 1 is 0.850 bits per heavy atom. The average Bonchev–Trinajstić information content (AvgIpc) is 2.12. The van der Waals surface area contributed by atoms with Crippen LogP contribution in [0, 0.1) is 0 Å². The van der Waals surface area contributed by atoms with E-state index in [1.54, 1.807) is 0 Å². The minimum Gasteiger partial charge on any atom is -0.519 e. The van der Waals surface area contributed by atoms with Gasteiger partial charge in [0.05, 0.1) is 6.42 Å². The van der Waals surface area contributed by atoms with Gasteiger partial charge < -0.3 is 8.85 Å². The molecule has 0 saturated carbocycles. The van der Waals surface area contributed by atoms with Crippen molar-refractivity contribution in [3.8, 4) is 0 Å². The Hall–Kier alpha value is -0.136. The molecule has 0 heterocycles. The molecular weight excluding hydrogens is 284 g/mol. The summed E-state index contributed by atoms with van der Waals surface area (Å²) < 4.78 is 11.8. The fraction of sp³-hybridized carbons (Fsp3) is 0.933. The van der Waals surface area contributed by atoms with Crippen molar-refractivity contribution in [1.29, 1.82) is 0 Å². The number of carbonyl (C=O) groups is 1. The minimum absolute atomic E-state index is 0.0585. The van der Waals surface area contributed by atoms with Crippen LogP contribution in [0.15, 0.2) is 0 Å². The number of hydrogen-bond donors (Lipinski definition) is 0. The summed E-state index contributed by atoms with van der Waals surface area (Å²) in [7, 11) is -3.76. The molecule has 120 valence electrons. The van der Waals surface area contributed by atoms with Gasteiger partial charge in [0.1, 0.15) is 0 Å². The molecule has 20 heavy (non-hydrogen) atoms. The van der Waals surface area contributed by atoms with Crippen LogP contribution in [0.5, 0.6) is 0 Å². The Bertz CT molecular complexity index is 336. The van der Waals surface area contributed by atoms with Crippen molar-refractivity contribution in [2.45, 2.75) is 84.2 Å². The van der Waals surface area contributed by atoms with Crippen LogP contribution in [0.4, 0.5) is 0 Å². The first-order chi connectivity index (χ1) is 8.60. The van der Waals surface area contributed by atoms with Crippen molar-refractivity contribution >= 4 is 22.6 Å². The number of hydrogen-bond acceptors (Lipinski definition) is 3. The van der Waals surface area contributed by atoms with Crippen LogP contribution < -0.4 is 0 Å². The zero-order valence-electron chi connectivity index (χ0n) is 15.1. The van der Waals surface area contributed by atoms with E-state index in [9.17, 15) is 4.79 Å². The van der Waals surface area contributed by atoms with E-state index in [0.717, 1.165) is 0 Å². The predicted octanol–water partition coefficient (Wildman–Crippen LogP) is 4.95. The lowest BCUT2D eigenvalue weighted by atomic mass is 10.2. The summed E-state index contributed by atoms with van der Waals surface area (Å²) in [4.78, 5) is 12.0. The number of rotatable bonds is 5. The summed E-state index contributed by atoms with van der Waals surface area (Å²) >= 11 is 0. The molecular formula is C15H34O3Si2. The summed E-state index contributed by atoms with van der Waals surface area (Å²) in [6, 6.07) is 0. The maximum atomic E-state index is 12.0. The van der Waals surface area contributed by atoms with E-state index in [1.165, 1.54) is 0 Å². The lowest BCUT2D eigenvalue weighted by molar-refractivity contribution is -0.136. The fourth-order valence-corrected chi connectivity index (χ4v) is 3.12. The Morgan fingerprint density at radius 2 is 1.25 bits per heavy atom. The van der Waals surface area contributed by atoms with Crippen LogP contribution in [0.25, 0.3) is 0 Å². The molecule has 0 radical (unpaired) electrons. The summed E-state index contributed by atoms with van der Waals surface area (Å²) in [5, 5.41) is 0.235. The van der Waals surface area contributed by atoms with Gasteiger partial charge in [0, 0.05) is 6.61 Å². The van der Waals surface area contributed by atoms with Crippen LogP contribution in [-0.4, -0.2) is 29.2 Å². The van der Waals surface area contributed by atoms with Gasteiger partial charge in [-0.3, -0.25) is 4.79 Å². The van der Waals surface area contributed by atoms with Crippen LogP contribution in [0.3, 0.4) is 0 Å². The molecule has 0 aromatic carbocycles. The van der Waals surface area contributed by atoms with Crippen molar-refractivity contribution < 1.29 is 13.6 Å². The highest BCUT2D eigenvalue weighted by Gasteiger charge is 2.40. The molecule has 0 fully saturated rings. The molecule has 5 heteroatoms. The second-order valence-corrected chi connectivity index (χ2v) is 18.1. The molecule has 0 saturated heterocycles.